The number of aromatic nitrogens is 2. The number of amides is 2. The molecule has 2 aliphatic rings. The van der Waals surface area contributed by atoms with Crippen molar-refractivity contribution in [2.75, 3.05) is 19.7 Å². The highest BCUT2D eigenvalue weighted by molar-refractivity contribution is 5.93. The number of carbonyl (C=O) groups is 2. The zero-order chi connectivity index (χ0) is 15.7. The van der Waals surface area contributed by atoms with Gasteiger partial charge in [0.15, 0.2) is 5.69 Å². The molecule has 3 heterocycles. The van der Waals surface area contributed by atoms with Crippen molar-refractivity contribution in [3.8, 4) is 5.88 Å². The molecule has 1 saturated heterocycles. The van der Waals surface area contributed by atoms with E-state index in [1.165, 1.54) is 0 Å². The fourth-order valence-corrected chi connectivity index (χ4v) is 2.93. The summed E-state index contributed by atoms with van der Waals surface area (Å²) < 4.78 is 7.10. The van der Waals surface area contributed by atoms with Crippen LogP contribution >= 0.6 is 0 Å². The lowest BCUT2D eigenvalue weighted by Crippen LogP contribution is -2.44. The Balaban J connectivity index is 1.56. The van der Waals surface area contributed by atoms with Crippen LogP contribution in [-0.4, -0.2) is 52.2 Å². The zero-order valence-electron chi connectivity index (χ0n) is 13.0. The summed E-state index contributed by atoms with van der Waals surface area (Å²) in [5.41, 5.74) is 0.430. The van der Waals surface area contributed by atoms with Gasteiger partial charge in [-0.2, -0.15) is 5.10 Å². The Labute approximate surface area is 129 Å². The molecule has 120 valence electrons. The molecule has 0 radical (unpaired) electrons. The van der Waals surface area contributed by atoms with E-state index in [-0.39, 0.29) is 23.8 Å². The van der Waals surface area contributed by atoms with Gasteiger partial charge in [0.05, 0.1) is 6.54 Å². The number of ether oxygens (including phenoxy) is 1. The zero-order valence-corrected chi connectivity index (χ0v) is 13.0. The maximum Gasteiger partial charge on any atom is 0.274 e. The second-order valence-electron chi connectivity index (χ2n) is 6.17. The minimum atomic E-state index is -0.0757. The highest BCUT2D eigenvalue weighted by Crippen LogP contribution is 2.22. The SMILES string of the molecule is CC(C)NC(=O)C1CCN(C(=O)c2cc3n(n2)CCO3)CC1. The predicted octanol–water partition coefficient (Wildman–Crippen LogP) is 0.652. The monoisotopic (exact) mass is 306 g/mol. The van der Waals surface area contributed by atoms with Crippen LogP contribution in [0.15, 0.2) is 6.07 Å². The average molecular weight is 306 g/mol. The third-order valence-corrected chi connectivity index (χ3v) is 4.10. The van der Waals surface area contributed by atoms with Gasteiger partial charge in [-0.25, -0.2) is 4.68 Å². The molecule has 0 aromatic carbocycles. The Morgan fingerprint density at radius 3 is 2.68 bits per heavy atom. The first-order valence-electron chi connectivity index (χ1n) is 7.85. The largest absolute Gasteiger partial charge is 0.476 e. The Hall–Kier alpha value is -2.05. The second kappa shape index (κ2) is 5.98. The second-order valence-corrected chi connectivity index (χ2v) is 6.17. The van der Waals surface area contributed by atoms with E-state index < -0.39 is 0 Å². The molecule has 0 spiro atoms. The molecule has 7 nitrogen and oxygen atoms in total. The molecule has 0 unspecified atom stereocenters. The number of nitrogens with one attached hydrogen (secondary N) is 1. The number of nitrogens with zero attached hydrogens (tertiary/aromatic N) is 3. The van der Waals surface area contributed by atoms with E-state index in [2.05, 4.69) is 10.4 Å². The van der Waals surface area contributed by atoms with Gasteiger partial charge in [0.25, 0.3) is 5.91 Å². The number of carbonyl (C=O) groups excluding carboxylic acids is 2. The maximum atomic E-state index is 12.5. The van der Waals surface area contributed by atoms with Crippen LogP contribution in [0, 0.1) is 5.92 Å². The summed E-state index contributed by atoms with van der Waals surface area (Å²) in [6, 6.07) is 1.85. The molecular formula is C15H22N4O3. The minimum absolute atomic E-state index is 0.00165. The van der Waals surface area contributed by atoms with Crippen molar-refractivity contribution >= 4 is 11.8 Å². The molecule has 0 atom stereocenters. The lowest BCUT2D eigenvalue weighted by atomic mass is 9.95. The topological polar surface area (TPSA) is 76.5 Å². The van der Waals surface area contributed by atoms with Gasteiger partial charge in [0, 0.05) is 31.1 Å². The maximum absolute atomic E-state index is 12.5. The summed E-state index contributed by atoms with van der Waals surface area (Å²) in [4.78, 5) is 26.2. The third kappa shape index (κ3) is 2.93. The molecule has 0 bridgehead atoms. The molecular weight excluding hydrogens is 284 g/mol. The van der Waals surface area contributed by atoms with E-state index in [0.717, 1.165) is 0 Å². The molecule has 22 heavy (non-hydrogen) atoms. The summed E-state index contributed by atoms with van der Waals surface area (Å²) in [6.07, 6.45) is 1.41. The molecule has 1 aromatic rings. The van der Waals surface area contributed by atoms with Crippen molar-refractivity contribution in [3.63, 3.8) is 0 Å². The first kappa shape index (κ1) is 14.9. The van der Waals surface area contributed by atoms with Gasteiger partial charge in [-0.15, -0.1) is 0 Å². The molecule has 1 fully saturated rings. The van der Waals surface area contributed by atoms with Crippen LogP contribution in [0.4, 0.5) is 0 Å². The van der Waals surface area contributed by atoms with E-state index in [0.29, 0.717) is 50.7 Å². The first-order chi connectivity index (χ1) is 10.5. The number of hydrogen-bond donors (Lipinski definition) is 1. The van der Waals surface area contributed by atoms with Crippen molar-refractivity contribution in [1.29, 1.82) is 0 Å². The Morgan fingerprint density at radius 1 is 1.32 bits per heavy atom. The van der Waals surface area contributed by atoms with Gasteiger partial charge < -0.3 is 15.0 Å². The van der Waals surface area contributed by atoms with Gasteiger partial charge in [-0.3, -0.25) is 9.59 Å². The van der Waals surface area contributed by atoms with E-state index in [9.17, 15) is 9.59 Å². The highest BCUT2D eigenvalue weighted by atomic mass is 16.5. The Kier molecular flexibility index (Phi) is 4.04. The van der Waals surface area contributed by atoms with Crippen molar-refractivity contribution in [2.45, 2.75) is 39.3 Å². The van der Waals surface area contributed by atoms with Crippen LogP contribution in [0.1, 0.15) is 37.2 Å². The summed E-state index contributed by atoms with van der Waals surface area (Å²) in [7, 11) is 0. The van der Waals surface area contributed by atoms with Gasteiger partial charge >= 0.3 is 0 Å². The fourth-order valence-electron chi connectivity index (χ4n) is 2.93. The quantitative estimate of drug-likeness (QED) is 0.889. The summed E-state index contributed by atoms with van der Waals surface area (Å²) in [5.74, 6) is 0.681. The van der Waals surface area contributed by atoms with Gasteiger partial charge in [0.1, 0.15) is 6.61 Å². The van der Waals surface area contributed by atoms with Crippen molar-refractivity contribution in [3.05, 3.63) is 11.8 Å². The van der Waals surface area contributed by atoms with Crippen LogP contribution in [-0.2, 0) is 11.3 Å². The molecule has 3 rings (SSSR count). The average Bonchev–Trinajstić information content (AvgIpc) is 3.07. The van der Waals surface area contributed by atoms with Crippen molar-refractivity contribution in [1.82, 2.24) is 20.0 Å². The smallest absolute Gasteiger partial charge is 0.274 e. The number of hydrogen-bond acceptors (Lipinski definition) is 4. The number of rotatable bonds is 3. The van der Waals surface area contributed by atoms with Gasteiger partial charge in [-0.1, -0.05) is 0 Å². The molecule has 7 heteroatoms. The lowest BCUT2D eigenvalue weighted by molar-refractivity contribution is -0.126. The van der Waals surface area contributed by atoms with E-state index in [1.807, 2.05) is 13.8 Å². The molecule has 2 aliphatic heterocycles. The van der Waals surface area contributed by atoms with E-state index in [4.69, 9.17) is 4.74 Å². The normalized spacial score (nSPS) is 18.2. The van der Waals surface area contributed by atoms with Crippen LogP contribution in [0.3, 0.4) is 0 Å². The van der Waals surface area contributed by atoms with Gasteiger partial charge in [-0.05, 0) is 26.7 Å². The third-order valence-electron chi connectivity index (χ3n) is 4.10. The molecule has 2 amide bonds. The van der Waals surface area contributed by atoms with Crippen LogP contribution in [0.5, 0.6) is 5.88 Å². The summed E-state index contributed by atoms with van der Waals surface area (Å²) >= 11 is 0. The first-order valence-corrected chi connectivity index (χ1v) is 7.85. The summed E-state index contributed by atoms with van der Waals surface area (Å²) in [5, 5.41) is 7.22. The Bertz CT molecular complexity index is 552. The molecule has 1 aromatic heterocycles. The van der Waals surface area contributed by atoms with E-state index >= 15 is 0 Å². The van der Waals surface area contributed by atoms with E-state index in [1.54, 1.807) is 15.6 Å². The minimum Gasteiger partial charge on any atom is -0.476 e. The van der Waals surface area contributed by atoms with Crippen molar-refractivity contribution in [2.24, 2.45) is 5.92 Å². The molecule has 1 N–H and O–H groups in total. The lowest BCUT2D eigenvalue weighted by Gasteiger charge is -2.31. The summed E-state index contributed by atoms with van der Waals surface area (Å²) in [6.45, 7) is 6.41. The van der Waals surface area contributed by atoms with Gasteiger partial charge in [0.2, 0.25) is 11.8 Å². The number of piperidine rings is 1. The van der Waals surface area contributed by atoms with Crippen LogP contribution < -0.4 is 10.1 Å². The van der Waals surface area contributed by atoms with Crippen LogP contribution in [0.2, 0.25) is 0 Å². The number of fused-ring (bicyclic) bond motifs is 1. The number of likely N-dealkylation sites (tertiary alicyclic amines) is 1. The molecule has 0 aliphatic carbocycles. The highest BCUT2D eigenvalue weighted by Gasteiger charge is 2.30. The van der Waals surface area contributed by atoms with Crippen molar-refractivity contribution < 1.29 is 14.3 Å². The van der Waals surface area contributed by atoms with Crippen LogP contribution in [0.25, 0.3) is 0 Å². The predicted molar refractivity (Wildman–Crippen MR) is 79.6 cm³/mol. The fraction of sp³-hybridized carbons (Fsp3) is 0.667. The standard InChI is InChI=1S/C15H22N4O3/c1-10(2)16-14(20)11-3-5-18(6-4-11)15(21)12-9-13-19(17-12)7-8-22-13/h9-11H,3-8H2,1-2H3,(H,16,20). The Morgan fingerprint density at radius 2 is 2.05 bits per heavy atom. The molecule has 0 saturated carbocycles.